The molecule has 3 rings (SSSR count). The fourth-order valence-corrected chi connectivity index (χ4v) is 4.13. The topological polar surface area (TPSA) is 81.6 Å². The Hall–Kier alpha value is -2.64. The number of para-hydroxylation sites is 1. The lowest BCUT2D eigenvalue weighted by Crippen LogP contribution is -2.22. The number of rotatable bonds is 5. The van der Waals surface area contributed by atoms with E-state index in [-0.39, 0.29) is 21.6 Å². The fourth-order valence-electron chi connectivity index (χ4n) is 2.79. The van der Waals surface area contributed by atoms with Crippen LogP contribution >= 0.6 is 15.9 Å². The molecule has 5 nitrogen and oxygen atoms in total. The third kappa shape index (κ3) is 5.29. The lowest BCUT2D eigenvalue weighted by molar-refractivity contribution is -0.212. The molecule has 3 aromatic rings. The normalized spacial score (nSPS) is 12.6. The molecule has 0 radical (unpaired) electrons. The molecular formula is C23H22BrN2O3S-. The maximum Gasteiger partial charge on any atom is 0.261 e. The first-order valence-corrected chi connectivity index (χ1v) is 11.6. The Bertz CT molecular complexity index is 1160. The molecular weight excluding hydrogens is 464 g/mol. The van der Waals surface area contributed by atoms with E-state index in [1.165, 1.54) is 12.1 Å². The summed E-state index contributed by atoms with van der Waals surface area (Å²) in [5.74, 6) is -0.521. The molecule has 0 aromatic heterocycles. The first-order valence-electron chi connectivity index (χ1n) is 9.30. The van der Waals surface area contributed by atoms with Crippen LogP contribution in [-0.4, -0.2) is 14.3 Å². The minimum Gasteiger partial charge on any atom is -0.858 e. The second kappa shape index (κ2) is 8.62. The van der Waals surface area contributed by atoms with Gasteiger partial charge in [-0.1, -0.05) is 67.0 Å². The molecule has 0 atom stereocenters. The Morgan fingerprint density at radius 3 is 2.13 bits per heavy atom. The van der Waals surface area contributed by atoms with E-state index in [9.17, 15) is 13.5 Å². The molecule has 0 aliphatic heterocycles. The van der Waals surface area contributed by atoms with E-state index >= 15 is 0 Å². The van der Waals surface area contributed by atoms with E-state index < -0.39 is 15.9 Å². The summed E-state index contributed by atoms with van der Waals surface area (Å²) in [6.07, 6.45) is 0. The summed E-state index contributed by atoms with van der Waals surface area (Å²) in [7, 11) is -3.85. The first-order chi connectivity index (χ1) is 14.1. The average molecular weight is 486 g/mol. The molecule has 0 fully saturated rings. The van der Waals surface area contributed by atoms with Crippen LogP contribution in [0, 0.1) is 0 Å². The van der Waals surface area contributed by atoms with Gasteiger partial charge in [0.05, 0.1) is 16.3 Å². The molecule has 0 heterocycles. The predicted octanol–water partition coefficient (Wildman–Crippen LogP) is 4.99. The van der Waals surface area contributed by atoms with Gasteiger partial charge < -0.3 is 5.11 Å². The van der Waals surface area contributed by atoms with Gasteiger partial charge in [-0.2, -0.15) is 0 Å². The van der Waals surface area contributed by atoms with Crippen LogP contribution in [0.2, 0.25) is 0 Å². The quantitative estimate of drug-likeness (QED) is 0.408. The molecule has 30 heavy (non-hydrogen) atoms. The molecule has 156 valence electrons. The van der Waals surface area contributed by atoms with E-state index in [0.29, 0.717) is 5.69 Å². The lowest BCUT2D eigenvalue weighted by atomic mass is 9.87. The van der Waals surface area contributed by atoms with Crippen molar-refractivity contribution >= 4 is 43.2 Å². The maximum atomic E-state index is 12.8. The Morgan fingerprint density at radius 1 is 0.933 bits per heavy atom. The third-order valence-corrected chi connectivity index (χ3v) is 6.40. The number of aliphatic imine (C=N–C) groups is 1. The van der Waals surface area contributed by atoms with Crippen molar-refractivity contribution in [2.45, 2.75) is 31.1 Å². The third-order valence-electron chi connectivity index (χ3n) is 4.49. The molecule has 0 aliphatic rings. The molecule has 1 N–H and O–H groups in total. The van der Waals surface area contributed by atoms with Crippen molar-refractivity contribution in [1.29, 1.82) is 0 Å². The van der Waals surface area contributed by atoms with E-state index in [4.69, 9.17) is 0 Å². The number of hydrogen-bond acceptors (Lipinski definition) is 4. The summed E-state index contributed by atoms with van der Waals surface area (Å²) in [6.45, 7) is 6.33. The zero-order valence-corrected chi connectivity index (χ0v) is 19.3. The van der Waals surface area contributed by atoms with Crippen molar-refractivity contribution in [2.24, 2.45) is 4.99 Å². The van der Waals surface area contributed by atoms with Gasteiger partial charge in [0.2, 0.25) is 0 Å². The van der Waals surface area contributed by atoms with E-state index in [0.717, 1.165) is 10.0 Å². The summed E-state index contributed by atoms with van der Waals surface area (Å²) < 4.78 is 28.7. The standard InChI is InChI=1S/C23H23BrN2O3S/c1-23(2,3)16-8-12-18(13-9-16)25-22(27)20-6-4-5-7-21(20)26-30(28,29)19-14-10-17(24)11-15-19/h4-15,26H,1-3H3,(H,25,27)/p-1. The lowest BCUT2D eigenvalue weighted by Gasteiger charge is -2.19. The number of nitrogens with one attached hydrogen (secondary N) is 1. The predicted molar refractivity (Wildman–Crippen MR) is 123 cm³/mol. The zero-order valence-electron chi connectivity index (χ0n) is 16.9. The van der Waals surface area contributed by atoms with Gasteiger partial charge in [-0.25, -0.2) is 8.42 Å². The van der Waals surface area contributed by atoms with E-state index in [2.05, 4.69) is 46.4 Å². The summed E-state index contributed by atoms with van der Waals surface area (Å²) in [6, 6.07) is 20.1. The highest BCUT2D eigenvalue weighted by molar-refractivity contribution is 9.10. The van der Waals surface area contributed by atoms with Gasteiger partial charge in [-0.05, 0) is 59.3 Å². The molecule has 7 heteroatoms. The number of anilines is 1. The highest BCUT2D eigenvalue weighted by Gasteiger charge is 2.16. The monoisotopic (exact) mass is 485 g/mol. The second-order valence-electron chi connectivity index (χ2n) is 7.82. The highest BCUT2D eigenvalue weighted by atomic mass is 79.9. The van der Waals surface area contributed by atoms with Crippen molar-refractivity contribution in [3.8, 4) is 0 Å². The van der Waals surface area contributed by atoms with Crippen LogP contribution in [0.5, 0.6) is 0 Å². The van der Waals surface area contributed by atoms with E-state index in [1.54, 1.807) is 48.5 Å². The van der Waals surface area contributed by atoms with Crippen LogP contribution in [0.3, 0.4) is 0 Å². The Kier molecular flexibility index (Phi) is 6.33. The molecule has 0 spiro atoms. The molecule has 0 amide bonds. The van der Waals surface area contributed by atoms with Crippen molar-refractivity contribution < 1.29 is 13.5 Å². The largest absolute Gasteiger partial charge is 0.858 e. The van der Waals surface area contributed by atoms with Gasteiger partial charge >= 0.3 is 0 Å². The van der Waals surface area contributed by atoms with Crippen molar-refractivity contribution in [3.63, 3.8) is 0 Å². The van der Waals surface area contributed by atoms with Crippen LogP contribution in [0.4, 0.5) is 11.4 Å². The van der Waals surface area contributed by atoms with Crippen molar-refractivity contribution in [2.75, 3.05) is 4.72 Å². The van der Waals surface area contributed by atoms with Gasteiger partial charge in [-0.15, -0.1) is 0 Å². The van der Waals surface area contributed by atoms with Crippen LogP contribution in [0.25, 0.3) is 0 Å². The summed E-state index contributed by atoms with van der Waals surface area (Å²) in [5, 5.41) is 12.8. The number of halogens is 1. The second-order valence-corrected chi connectivity index (χ2v) is 10.4. The Labute approximate surface area is 185 Å². The van der Waals surface area contributed by atoms with Crippen LogP contribution in [0.15, 0.2) is 87.2 Å². The van der Waals surface area contributed by atoms with Gasteiger partial charge in [0, 0.05) is 10.0 Å². The molecule has 0 unspecified atom stereocenters. The van der Waals surface area contributed by atoms with Crippen LogP contribution in [-0.2, 0) is 15.4 Å². The average Bonchev–Trinajstić information content (AvgIpc) is 2.68. The van der Waals surface area contributed by atoms with Crippen LogP contribution in [0.1, 0.15) is 31.9 Å². The summed E-state index contributed by atoms with van der Waals surface area (Å²) in [4.78, 5) is 4.25. The minimum atomic E-state index is -3.85. The van der Waals surface area contributed by atoms with Gasteiger partial charge in [0.25, 0.3) is 10.0 Å². The number of benzene rings is 3. The van der Waals surface area contributed by atoms with Crippen molar-refractivity contribution in [1.82, 2.24) is 0 Å². The van der Waals surface area contributed by atoms with E-state index in [1.807, 2.05) is 12.1 Å². The highest BCUT2D eigenvalue weighted by Crippen LogP contribution is 2.26. The molecule has 0 saturated heterocycles. The van der Waals surface area contributed by atoms with Gasteiger partial charge in [0.15, 0.2) is 0 Å². The SMILES string of the molecule is CC(C)(C)c1ccc(N=C([O-])c2ccccc2NS(=O)(=O)c2ccc(Br)cc2)cc1. The molecule has 3 aromatic carbocycles. The minimum absolute atomic E-state index is 0.000440. The Morgan fingerprint density at radius 2 is 1.53 bits per heavy atom. The van der Waals surface area contributed by atoms with Gasteiger partial charge in [0.1, 0.15) is 0 Å². The molecule has 0 aliphatic carbocycles. The van der Waals surface area contributed by atoms with Gasteiger partial charge in [-0.3, -0.25) is 9.71 Å². The Balaban J connectivity index is 1.91. The zero-order chi connectivity index (χ0) is 21.9. The summed E-state index contributed by atoms with van der Waals surface area (Å²) in [5.41, 5.74) is 2.01. The fraction of sp³-hybridized carbons (Fsp3) is 0.174. The smallest absolute Gasteiger partial charge is 0.261 e. The van der Waals surface area contributed by atoms with Crippen LogP contribution < -0.4 is 9.83 Å². The maximum absolute atomic E-state index is 12.8. The summed E-state index contributed by atoms with van der Waals surface area (Å²) >= 11 is 3.28. The molecule has 0 saturated carbocycles. The number of sulfonamides is 1. The number of nitrogens with zero attached hydrogens (tertiary/aromatic N) is 1. The number of hydrogen-bond donors (Lipinski definition) is 1. The van der Waals surface area contributed by atoms with Crippen molar-refractivity contribution in [3.05, 3.63) is 88.4 Å². The first kappa shape index (κ1) is 22.1. The molecule has 0 bridgehead atoms.